The van der Waals surface area contributed by atoms with Crippen molar-refractivity contribution in [2.75, 3.05) is 5.32 Å². The van der Waals surface area contributed by atoms with Crippen molar-refractivity contribution in [3.8, 4) is 5.75 Å². The number of hydrogen-bond acceptors (Lipinski definition) is 6. The third kappa shape index (κ3) is 3.04. The molecule has 1 aromatic rings. The maximum absolute atomic E-state index is 11.3. The molecule has 0 amide bonds. The summed E-state index contributed by atoms with van der Waals surface area (Å²) in [5, 5.41) is 35.4. The second-order valence-electron chi connectivity index (χ2n) is 4.84. The molecule has 0 saturated carbocycles. The molecule has 0 spiro atoms. The van der Waals surface area contributed by atoms with Gasteiger partial charge < -0.3 is 10.4 Å². The quantitative estimate of drug-likeness (QED) is 0.613. The van der Waals surface area contributed by atoms with Crippen molar-refractivity contribution in [1.82, 2.24) is 0 Å². The van der Waals surface area contributed by atoms with Gasteiger partial charge in [0.25, 0.3) is 0 Å². The summed E-state index contributed by atoms with van der Waals surface area (Å²) < 4.78 is 0. The second-order valence-corrected chi connectivity index (χ2v) is 4.84. The molecule has 0 aliphatic carbocycles. The number of rotatable bonds is 6. The molecule has 0 fully saturated rings. The van der Waals surface area contributed by atoms with Gasteiger partial charge in [-0.05, 0) is 26.7 Å². The zero-order valence-electron chi connectivity index (χ0n) is 12.5. The standard InChI is InChI=1S/C13H19N3O5/c1-5-9(6-2)14-10-11(15(18)19)7(3)8(4)13(17)12(10)16(20)21/h9,14,17H,5-6H2,1-4H3. The highest BCUT2D eigenvalue weighted by Gasteiger charge is 2.34. The van der Waals surface area contributed by atoms with E-state index in [1.54, 1.807) is 0 Å². The van der Waals surface area contributed by atoms with Crippen LogP contribution in [0, 0.1) is 34.1 Å². The molecule has 21 heavy (non-hydrogen) atoms. The zero-order chi connectivity index (χ0) is 16.3. The van der Waals surface area contributed by atoms with E-state index in [2.05, 4.69) is 5.32 Å². The average molecular weight is 297 g/mol. The number of aromatic hydroxyl groups is 1. The van der Waals surface area contributed by atoms with E-state index in [4.69, 9.17) is 0 Å². The molecule has 8 nitrogen and oxygen atoms in total. The minimum Gasteiger partial charge on any atom is -0.502 e. The van der Waals surface area contributed by atoms with Gasteiger partial charge in [0.15, 0.2) is 11.4 Å². The highest BCUT2D eigenvalue weighted by Crippen LogP contribution is 2.46. The van der Waals surface area contributed by atoms with Crippen molar-refractivity contribution < 1.29 is 15.0 Å². The van der Waals surface area contributed by atoms with E-state index < -0.39 is 21.3 Å². The fraction of sp³-hybridized carbons (Fsp3) is 0.538. The number of anilines is 1. The number of hydrogen-bond donors (Lipinski definition) is 2. The number of nitrogens with zero attached hydrogens (tertiary/aromatic N) is 2. The minimum absolute atomic E-state index is 0.142. The van der Waals surface area contributed by atoms with Crippen LogP contribution in [0.3, 0.4) is 0 Å². The van der Waals surface area contributed by atoms with Gasteiger partial charge in [-0.3, -0.25) is 20.2 Å². The lowest BCUT2D eigenvalue weighted by molar-refractivity contribution is -0.393. The molecule has 116 valence electrons. The van der Waals surface area contributed by atoms with E-state index in [0.29, 0.717) is 12.8 Å². The number of benzene rings is 1. The van der Waals surface area contributed by atoms with Gasteiger partial charge in [-0.1, -0.05) is 13.8 Å². The summed E-state index contributed by atoms with van der Waals surface area (Å²) in [5.41, 5.74) is -0.861. The highest BCUT2D eigenvalue weighted by atomic mass is 16.6. The Balaban J connectivity index is 3.70. The molecule has 0 aliphatic rings. The Morgan fingerprint density at radius 1 is 1.05 bits per heavy atom. The van der Waals surface area contributed by atoms with E-state index in [9.17, 15) is 25.3 Å². The fourth-order valence-electron chi connectivity index (χ4n) is 2.19. The molecule has 1 rings (SSSR count). The predicted octanol–water partition coefficient (Wildman–Crippen LogP) is 3.43. The molecule has 0 bridgehead atoms. The van der Waals surface area contributed by atoms with E-state index in [1.807, 2.05) is 13.8 Å². The number of phenols is 1. The van der Waals surface area contributed by atoms with Gasteiger partial charge in [0.05, 0.1) is 9.85 Å². The predicted molar refractivity (Wildman–Crippen MR) is 78.9 cm³/mol. The summed E-state index contributed by atoms with van der Waals surface area (Å²) in [4.78, 5) is 21.1. The van der Waals surface area contributed by atoms with Crippen molar-refractivity contribution >= 4 is 17.1 Å². The third-order valence-corrected chi connectivity index (χ3v) is 3.67. The van der Waals surface area contributed by atoms with Crippen LogP contribution in [0.2, 0.25) is 0 Å². The Hall–Kier alpha value is -2.38. The Morgan fingerprint density at radius 2 is 1.52 bits per heavy atom. The summed E-state index contributed by atoms with van der Waals surface area (Å²) in [7, 11) is 0. The van der Waals surface area contributed by atoms with Crippen LogP contribution in [0.15, 0.2) is 0 Å². The van der Waals surface area contributed by atoms with Crippen molar-refractivity contribution in [3.63, 3.8) is 0 Å². The lowest BCUT2D eigenvalue weighted by Gasteiger charge is -2.18. The molecule has 0 heterocycles. The van der Waals surface area contributed by atoms with E-state index in [0.717, 1.165) is 0 Å². The Morgan fingerprint density at radius 3 is 1.90 bits per heavy atom. The number of nitrogens with one attached hydrogen (secondary N) is 1. The Kier molecular flexibility index (Phi) is 5.07. The largest absolute Gasteiger partial charge is 0.502 e. The Labute approximate surface area is 122 Å². The van der Waals surface area contributed by atoms with E-state index in [1.165, 1.54) is 13.8 Å². The monoisotopic (exact) mass is 297 g/mol. The molecule has 0 unspecified atom stereocenters. The first kappa shape index (κ1) is 16.7. The first-order chi connectivity index (χ1) is 9.76. The van der Waals surface area contributed by atoms with E-state index >= 15 is 0 Å². The maximum atomic E-state index is 11.3. The number of nitro groups is 2. The van der Waals surface area contributed by atoms with Gasteiger partial charge in [0.2, 0.25) is 0 Å². The summed E-state index contributed by atoms with van der Waals surface area (Å²) in [6.45, 7) is 6.64. The summed E-state index contributed by atoms with van der Waals surface area (Å²) in [6.07, 6.45) is 1.30. The molecule has 0 atom stereocenters. The molecule has 0 saturated heterocycles. The van der Waals surface area contributed by atoms with E-state index in [-0.39, 0.29) is 28.5 Å². The van der Waals surface area contributed by atoms with Crippen LogP contribution < -0.4 is 5.32 Å². The fourth-order valence-corrected chi connectivity index (χ4v) is 2.19. The normalized spacial score (nSPS) is 10.7. The molecule has 0 radical (unpaired) electrons. The first-order valence-corrected chi connectivity index (χ1v) is 6.67. The average Bonchev–Trinajstić information content (AvgIpc) is 2.41. The number of phenolic OH excluding ortho intramolecular Hbond substituents is 1. The van der Waals surface area contributed by atoms with Crippen LogP contribution in [0.25, 0.3) is 0 Å². The topological polar surface area (TPSA) is 119 Å². The van der Waals surface area contributed by atoms with Crippen LogP contribution >= 0.6 is 0 Å². The summed E-state index contributed by atoms with van der Waals surface area (Å²) in [5.74, 6) is -0.531. The Bertz CT molecular complexity index is 541. The SMILES string of the molecule is CCC(CC)Nc1c([N+](=O)[O-])c(C)c(C)c(O)c1[N+](=O)[O-]. The second kappa shape index (κ2) is 6.38. The van der Waals surface area contributed by atoms with Gasteiger partial charge in [0, 0.05) is 17.2 Å². The molecular weight excluding hydrogens is 278 g/mol. The highest BCUT2D eigenvalue weighted by molar-refractivity contribution is 5.82. The van der Waals surface area contributed by atoms with Gasteiger partial charge in [0.1, 0.15) is 0 Å². The van der Waals surface area contributed by atoms with Crippen molar-refractivity contribution in [1.29, 1.82) is 0 Å². The van der Waals surface area contributed by atoms with Crippen LogP contribution in [0.5, 0.6) is 5.75 Å². The van der Waals surface area contributed by atoms with Crippen LogP contribution in [0.4, 0.5) is 17.1 Å². The number of nitro benzene ring substituents is 2. The molecule has 8 heteroatoms. The van der Waals surface area contributed by atoms with Gasteiger partial charge in [-0.2, -0.15) is 0 Å². The first-order valence-electron chi connectivity index (χ1n) is 6.67. The molecular formula is C13H19N3O5. The van der Waals surface area contributed by atoms with Crippen molar-refractivity contribution in [2.24, 2.45) is 0 Å². The van der Waals surface area contributed by atoms with Crippen LogP contribution in [-0.2, 0) is 0 Å². The molecule has 2 N–H and O–H groups in total. The van der Waals surface area contributed by atoms with Crippen LogP contribution in [-0.4, -0.2) is 21.0 Å². The van der Waals surface area contributed by atoms with Gasteiger partial charge in [-0.25, -0.2) is 0 Å². The van der Waals surface area contributed by atoms with Crippen molar-refractivity contribution in [2.45, 2.75) is 46.6 Å². The van der Waals surface area contributed by atoms with Gasteiger partial charge in [-0.15, -0.1) is 0 Å². The molecule has 1 aromatic carbocycles. The third-order valence-electron chi connectivity index (χ3n) is 3.67. The minimum atomic E-state index is -0.792. The summed E-state index contributed by atoms with van der Waals surface area (Å²) in [6, 6.07) is -0.149. The van der Waals surface area contributed by atoms with Crippen LogP contribution in [0.1, 0.15) is 37.8 Å². The van der Waals surface area contributed by atoms with Gasteiger partial charge >= 0.3 is 11.4 Å². The summed E-state index contributed by atoms with van der Waals surface area (Å²) >= 11 is 0. The lowest BCUT2D eigenvalue weighted by Crippen LogP contribution is -2.19. The lowest BCUT2D eigenvalue weighted by atomic mass is 10.0. The molecule has 0 aliphatic heterocycles. The molecule has 0 aromatic heterocycles. The maximum Gasteiger partial charge on any atom is 0.340 e. The van der Waals surface area contributed by atoms with Crippen molar-refractivity contribution in [3.05, 3.63) is 31.4 Å². The zero-order valence-corrected chi connectivity index (χ0v) is 12.5. The smallest absolute Gasteiger partial charge is 0.340 e.